The number of hydrogen-bond acceptors (Lipinski definition) is 3. The number of rotatable bonds is 8. The zero-order valence-corrected chi connectivity index (χ0v) is 14.8. The number of halogens is 2. The first-order valence-electron chi connectivity index (χ1n) is 8.38. The zero-order chi connectivity index (χ0) is 18.9. The summed E-state index contributed by atoms with van der Waals surface area (Å²) < 4.78 is 35.4. The lowest BCUT2D eigenvalue weighted by Gasteiger charge is -2.14. The number of nitrogens with one attached hydrogen (secondary N) is 1. The van der Waals surface area contributed by atoms with Gasteiger partial charge in [-0.25, -0.2) is 4.99 Å². The molecule has 0 bridgehead atoms. The van der Waals surface area contributed by atoms with Gasteiger partial charge in [0.25, 0.3) is 0 Å². The lowest BCUT2D eigenvalue weighted by molar-refractivity contribution is -0.0520. The van der Waals surface area contributed by atoms with Crippen LogP contribution in [-0.4, -0.2) is 19.2 Å². The molecule has 0 saturated carbocycles. The number of alkyl halides is 2. The lowest BCUT2D eigenvalue weighted by atomic mass is 10.1. The van der Waals surface area contributed by atoms with Crippen LogP contribution in [0.2, 0.25) is 0 Å². The van der Waals surface area contributed by atoms with Gasteiger partial charge in [0.15, 0.2) is 17.5 Å². The van der Waals surface area contributed by atoms with Crippen molar-refractivity contribution in [3.63, 3.8) is 0 Å². The Kier molecular flexibility index (Phi) is 7.20. The van der Waals surface area contributed by atoms with Gasteiger partial charge in [-0.15, -0.1) is 0 Å². The summed E-state index contributed by atoms with van der Waals surface area (Å²) in [4.78, 5) is 4.20. The van der Waals surface area contributed by atoms with Gasteiger partial charge in [0.05, 0.1) is 13.2 Å². The molecule has 0 fully saturated rings. The number of nitrogens with two attached hydrogens (primary N) is 1. The molecule has 5 nitrogen and oxygen atoms in total. The largest absolute Gasteiger partial charge is 0.490 e. The number of aryl methyl sites for hydroxylation is 1. The third kappa shape index (κ3) is 5.61. The highest BCUT2D eigenvalue weighted by atomic mass is 19.3. The van der Waals surface area contributed by atoms with Crippen molar-refractivity contribution in [2.24, 2.45) is 10.7 Å². The van der Waals surface area contributed by atoms with Crippen LogP contribution < -0.4 is 20.5 Å². The predicted molar refractivity (Wildman–Crippen MR) is 99.0 cm³/mol. The fraction of sp³-hybridized carbons (Fsp3) is 0.316. The molecule has 3 N–H and O–H groups in total. The molecule has 0 aromatic heterocycles. The van der Waals surface area contributed by atoms with Crippen molar-refractivity contribution in [1.29, 1.82) is 0 Å². The zero-order valence-electron chi connectivity index (χ0n) is 14.8. The van der Waals surface area contributed by atoms with Crippen LogP contribution >= 0.6 is 0 Å². The quantitative estimate of drug-likeness (QED) is 0.545. The molecule has 0 saturated heterocycles. The molecule has 0 amide bonds. The Hall–Kier alpha value is -2.83. The normalized spacial score (nSPS) is 11.5. The van der Waals surface area contributed by atoms with Gasteiger partial charge in [0, 0.05) is 11.3 Å². The maximum atomic E-state index is 12.7. The summed E-state index contributed by atoms with van der Waals surface area (Å²) in [5, 5.41) is 2.97. The third-order valence-corrected chi connectivity index (χ3v) is 3.62. The van der Waals surface area contributed by atoms with Crippen LogP contribution in [0.25, 0.3) is 0 Å². The van der Waals surface area contributed by atoms with E-state index in [9.17, 15) is 8.78 Å². The second-order valence-corrected chi connectivity index (χ2v) is 5.43. The van der Waals surface area contributed by atoms with Gasteiger partial charge < -0.3 is 20.5 Å². The summed E-state index contributed by atoms with van der Waals surface area (Å²) in [5.74, 6) is 0.412. The Morgan fingerprint density at radius 2 is 1.88 bits per heavy atom. The monoisotopic (exact) mass is 363 g/mol. The predicted octanol–water partition coefficient (Wildman–Crippen LogP) is 4.18. The molecule has 2 aromatic rings. The Morgan fingerprint density at radius 1 is 1.15 bits per heavy atom. The highest BCUT2D eigenvalue weighted by molar-refractivity contribution is 5.92. The average molecular weight is 363 g/mol. The SMILES string of the molecule is CCOc1cccc(CN=C(N)Nc2ccc(CC)cc2)c1OC(F)F. The summed E-state index contributed by atoms with van der Waals surface area (Å²) in [6, 6.07) is 12.7. The topological polar surface area (TPSA) is 68.9 Å². The lowest BCUT2D eigenvalue weighted by Crippen LogP contribution is -2.22. The van der Waals surface area contributed by atoms with Crippen LogP contribution in [-0.2, 0) is 13.0 Å². The number of guanidine groups is 1. The molecule has 0 unspecified atom stereocenters. The fourth-order valence-corrected chi connectivity index (χ4v) is 2.36. The Morgan fingerprint density at radius 3 is 2.50 bits per heavy atom. The van der Waals surface area contributed by atoms with Crippen molar-refractivity contribution in [3.8, 4) is 11.5 Å². The first-order chi connectivity index (χ1) is 12.5. The number of ether oxygens (including phenoxy) is 2. The van der Waals surface area contributed by atoms with Crippen molar-refractivity contribution in [2.75, 3.05) is 11.9 Å². The first-order valence-corrected chi connectivity index (χ1v) is 8.38. The van der Waals surface area contributed by atoms with E-state index in [1.807, 2.05) is 24.3 Å². The van der Waals surface area contributed by atoms with Crippen LogP contribution in [0.5, 0.6) is 11.5 Å². The Bertz CT molecular complexity index is 734. The molecule has 0 atom stereocenters. The second-order valence-electron chi connectivity index (χ2n) is 5.43. The molecular formula is C19H23F2N3O2. The summed E-state index contributed by atoms with van der Waals surface area (Å²) in [7, 11) is 0. The minimum Gasteiger partial charge on any atom is -0.490 e. The molecule has 0 aliphatic rings. The van der Waals surface area contributed by atoms with Crippen LogP contribution in [0.15, 0.2) is 47.5 Å². The van der Waals surface area contributed by atoms with E-state index in [4.69, 9.17) is 10.5 Å². The number of nitrogens with zero attached hydrogens (tertiary/aromatic N) is 1. The van der Waals surface area contributed by atoms with Crippen LogP contribution in [0.3, 0.4) is 0 Å². The smallest absolute Gasteiger partial charge is 0.387 e. The molecule has 140 valence electrons. The van der Waals surface area contributed by atoms with Crippen LogP contribution in [0.4, 0.5) is 14.5 Å². The van der Waals surface area contributed by atoms with E-state index in [1.165, 1.54) is 5.56 Å². The minimum absolute atomic E-state index is 0.0202. The van der Waals surface area contributed by atoms with E-state index in [1.54, 1.807) is 25.1 Å². The van der Waals surface area contributed by atoms with Gasteiger partial charge in [0.1, 0.15) is 0 Å². The number of benzene rings is 2. The maximum Gasteiger partial charge on any atom is 0.387 e. The van der Waals surface area contributed by atoms with E-state index in [2.05, 4.69) is 22.0 Å². The van der Waals surface area contributed by atoms with Crippen LogP contribution in [0, 0.1) is 0 Å². The van der Waals surface area contributed by atoms with Gasteiger partial charge in [-0.05, 0) is 37.1 Å². The average Bonchev–Trinajstić information content (AvgIpc) is 2.62. The van der Waals surface area contributed by atoms with Gasteiger partial charge >= 0.3 is 6.61 Å². The summed E-state index contributed by atoms with van der Waals surface area (Å²) in [5.41, 5.74) is 8.37. The van der Waals surface area contributed by atoms with Gasteiger partial charge in [-0.1, -0.05) is 31.2 Å². The molecule has 2 rings (SSSR count). The number of aliphatic imine (C=N–C) groups is 1. The molecule has 0 aliphatic heterocycles. The summed E-state index contributed by atoms with van der Waals surface area (Å²) >= 11 is 0. The molecule has 0 heterocycles. The Balaban J connectivity index is 2.12. The van der Waals surface area contributed by atoms with Crippen molar-refractivity contribution >= 4 is 11.6 Å². The molecule has 26 heavy (non-hydrogen) atoms. The summed E-state index contributed by atoms with van der Waals surface area (Å²) in [6.45, 7) is 1.31. The fourth-order valence-electron chi connectivity index (χ4n) is 2.36. The molecule has 0 aliphatic carbocycles. The Labute approximate surface area is 151 Å². The minimum atomic E-state index is -2.95. The van der Waals surface area contributed by atoms with E-state index in [-0.39, 0.29) is 24.0 Å². The van der Waals surface area contributed by atoms with E-state index in [0.717, 1.165) is 12.1 Å². The first kappa shape index (κ1) is 19.5. The molecule has 7 heteroatoms. The number of para-hydroxylation sites is 1. The van der Waals surface area contributed by atoms with Crippen molar-refractivity contribution in [2.45, 2.75) is 33.4 Å². The van der Waals surface area contributed by atoms with E-state index >= 15 is 0 Å². The molecule has 0 spiro atoms. The van der Waals surface area contributed by atoms with E-state index in [0.29, 0.717) is 12.2 Å². The number of hydrogen-bond donors (Lipinski definition) is 2. The molecule has 2 aromatic carbocycles. The van der Waals surface area contributed by atoms with Gasteiger partial charge in [0.2, 0.25) is 0 Å². The van der Waals surface area contributed by atoms with E-state index < -0.39 is 6.61 Å². The highest BCUT2D eigenvalue weighted by Gasteiger charge is 2.15. The third-order valence-electron chi connectivity index (χ3n) is 3.62. The van der Waals surface area contributed by atoms with Crippen molar-refractivity contribution < 1.29 is 18.3 Å². The molecule has 0 radical (unpaired) electrons. The van der Waals surface area contributed by atoms with Gasteiger partial charge in [-0.3, -0.25) is 0 Å². The highest BCUT2D eigenvalue weighted by Crippen LogP contribution is 2.33. The van der Waals surface area contributed by atoms with Crippen molar-refractivity contribution in [1.82, 2.24) is 0 Å². The summed E-state index contributed by atoms with van der Waals surface area (Å²) in [6.07, 6.45) is 0.951. The van der Waals surface area contributed by atoms with Crippen molar-refractivity contribution in [3.05, 3.63) is 53.6 Å². The van der Waals surface area contributed by atoms with Gasteiger partial charge in [-0.2, -0.15) is 8.78 Å². The second kappa shape index (κ2) is 9.60. The number of anilines is 1. The standard InChI is InChI=1S/C19H23F2N3O2/c1-3-13-8-10-15(11-9-13)24-19(22)23-12-14-6-5-7-16(25-4-2)17(14)26-18(20)21/h5-11,18H,3-4,12H2,1-2H3,(H3,22,23,24). The molecular weight excluding hydrogens is 340 g/mol. The van der Waals surface area contributed by atoms with Crippen LogP contribution in [0.1, 0.15) is 25.0 Å². The maximum absolute atomic E-state index is 12.7.